The van der Waals surface area contributed by atoms with Crippen LogP contribution in [0.25, 0.3) is 0 Å². The summed E-state index contributed by atoms with van der Waals surface area (Å²) in [6.45, 7) is 0.176. The molecular weight excluding hydrogens is 244 g/mol. The molecule has 1 aromatic carbocycles. The maximum absolute atomic E-state index is 10.7. The Kier molecular flexibility index (Phi) is 3.30. The smallest absolute Gasteiger partial charge is 0.335 e. The summed E-state index contributed by atoms with van der Waals surface area (Å²) < 4.78 is 6.88. The van der Waals surface area contributed by atoms with Gasteiger partial charge < -0.3 is 9.84 Å². The van der Waals surface area contributed by atoms with Crippen LogP contribution in [0.1, 0.15) is 10.4 Å². The predicted octanol–water partition coefficient (Wildman–Crippen LogP) is 2.27. The highest BCUT2D eigenvalue weighted by molar-refractivity contribution is 6.30. The Hall–Kier alpha value is -2.01. The topological polar surface area (TPSA) is 64.3 Å². The molecule has 17 heavy (non-hydrogen) atoms. The summed E-state index contributed by atoms with van der Waals surface area (Å²) in [5.74, 6) is -0.519. The van der Waals surface area contributed by atoms with Crippen LogP contribution in [0.5, 0.6) is 5.75 Å². The van der Waals surface area contributed by atoms with Crippen LogP contribution in [-0.2, 0) is 6.73 Å². The van der Waals surface area contributed by atoms with Gasteiger partial charge in [0, 0.05) is 6.20 Å². The number of aromatic carboxylic acids is 1. The highest BCUT2D eigenvalue weighted by Gasteiger charge is 2.04. The number of nitrogens with zero attached hydrogens (tertiary/aromatic N) is 2. The van der Waals surface area contributed by atoms with Gasteiger partial charge in [-0.05, 0) is 18.2 Å². The fraction of sp³-hybridized carbons (Fsp3) is 0.0909. The molecule has 0 amide bonds. The van der Waals surface area contributed by atoms with Crippen molar-refractivity contribution in [2.24, 2.45) is 0 Å². The zero-order chi connectivity index (χ0) is 12.3. The second-order valence-corrected chi connectivity index (χ2v) is 3.74. The third kappa shape index (κ3) is 2.98. The Morgan fingerprint density at radius 1 is 1.53 bits per heavy atom. The number of hydrogen-bond acceptors (Lipinski definition) is 3. The first-order valence-corrected chi connectivity index (χ1v) is 5.17. The summed E-state index contributed by atoms with van der Waals surface area (Å²) >= 11 is 5.69. The van der Waals surface area contributed by atoms with Crippen molar-refractivity contribution in [3.63, 3.8) is 0 Å². The number of rotatable bonds is 4. The van der Waals surface area contributed by atoms with Gasteiger partial charge in [-0.25, -0.2) is 9.48 Å². The quantitative estimate of drug-likeness (QED) is 0.907. The van der Waals surface area contributed by atoms with Gasteiger partial charge in [-0.3, -0.25) is 0 Å². The lowest BCUT2D eigenvalue weighted by atomic mass is 10.2. The number of aromatic nitrogens is 2. The van der Waals surface area contributed by atoms with E-state index in [-0.39, 0.29) is 12.3 Å². The number of ether oxygens (including phenoxy) is 1. The highest BCUT2D eigenvalue weighted by atomic mass is 35.5. The van der Waals surface area contributed by atoms with E-state index in [9.17, 15) is 4.79 Å². The minimum Gasteiger partial charge on any atom is -0.478 e. The lowest BCUT2D eigenvalue weighted by Gasteiger charge is -2.06. The Morgan fingerprint density at radius 2 is 2.35 bits per heavy atom. The van der Waals surface area contributed by atoms with Gasteiger partial charge in [-0.15, -0.1) is 0 Å². The molecule has 1 N–H and O–H groups in total. The second kappa shape index (κ2) is 4.88. The second-order valence-electron chi connectivity index (χ2n) is 3.30. The van der Waals surface area contributed by atoms with Crippen molar-refractivity contribution in [1.29, 1.82) is 0 Å². The maximum Gasteiger partial charge on any atom is 0.335 e. The minimum atomic E-state index is -0.988. The Bertz CT molecular complexity index is 539. The Balaban J connectivity index is 2.04. The van der Waals surface area contributed by atoms with E-state index in [4.69, 9.17) is 21.4 Å². The van der Waals surface area contributed by atoms with E-state index in [0.29, 0.717) is 10.8 Å². The van der Waals surface area contributed by atoms with Gasteiger partial charge in [0.05, 0.1) is 16.8 Å². The van der Waals surface area contributed by atoms with Crippen LogP contribution in [0.4, 0.5) is 0 Å². The van der Waals surface area contributed by atoms with E-state index in [1.165, 1.54) is 23.0 Å². The molecule has 0 aliphatic heterocycles. The Morgan fingerprint density at radius 3 is 3.00 bits per heavy atom. The molecule has 0 bridgehead atoms. The van der Waals surface area contributed by atoms with Crippen molar-refractivity contribution in [3.05, 3.63) is 47.2 Å². The van der Waals surface area contributed by atoms with Crippen molar-refractivity contribution >= 4 is 17.6 Å². The Labute approximate surface area is 102 Å². The molecule has 0 saturated carbocycles. The third-order valence-corrected chi connectivity index (χ3v) is 2.24. The summed E-state index contributed by atoms with van der Waals surface area (Å²) in [6, 6.07) is 6.25. The summed E-state index contributed by atoms with van der Waals surface area (Å²) in [6.07, 6.45) is 3.11. The number of carboxylic acids is 1. The van der Waals surface area contributed by atoms with Crippen molar-refractivity contribution in [2.45, 2.75) is 6.73 Å². The van der Waals surface area contributed by atoms with Crippen LogP contribution in [-0.4, -0.2) is 20.9 Å². The number of carbonyl (C=O) groups is 1. The lowest BCUT2D eigenvalue weighted by molar-refractivity contribution is 0.0696. The monoisotopic (exact) mass is 252 g/mol. The SMILES string of the molecule is O=C(O)c1cccc(OCn2cc(Cl)cn2)c1. The van der Waals surface area contributed by atoms with Crippen molar-refractivity contribution < 1.29 is 14.6 Å². The number of benzene rings is 1. The average molecular weight is 253 g/mol. The number of hydrogen-bond donors (Lipinski definition) is 1. The molecule has 0 radical (unpaired) electrons. The van der Waals surface area contributed by atoms with E-state index >= 15 is 0 Å². The van der Waals surface area contributed by atoms with Crippen LogP contribution in [0.2, 0.25) is 5.02 Å². The number of carboxylic acid groups (broad SMARTS) is 1. The van der Waals surface area contributed by atoms with Gasteiger partial charge >= 0.3 is 5.97 Å². The molecule has 2 rings (SSSR count). The van der Waals surface area contributed by atoms with Crippen molar-refractivity contribution in [1.82, 2.24) is 9.78 Å². The molecule has 0 spiro atoms. The van der Waals surface area contributed by atoms with E-state index in [1.54, 1.807) is 18.3 Å². The predicted molar refractivity (Wildman–Crippen MR) is 61.3 cm³/mol. The van der Waals surface area contributed by atoms with Crippen LogP contribution in [0.3, 0.4) is 0 Å². The summed E-state index contributed by atoms with van der Waals surface area (Å²) in [4.78, 5) is 10.7. The molecule has 6 heteroatoms. The van der Waals surface area contributed by atoms with E-state index in [1.807, 2.05) is 0 Å². The highest BCUT2D eigenvalue weighted by Crippen LogP contribution is 2.14. The molecule has 1 aromatic heterocycles. The van der Waals surface area contributed by atoms with E-state index in [2.05, 4.69) is 5.10 Å². The summed E-state index contributed by atoms with van der Waals surface area (Å²) in [7, 11) is 0. The van der Waals surface area contributed by atoms with Gasteiger partial charge in [0.2, 0.25) is 0 Å². The van der Waals surface area contributed by atoms with E-state index in [0.717, 1.165) is 0 Å². The number of halogens is 1. The summed E-state index contributed by atoms with van der Waals surface area (Å²) in [5, 5.41) is 13.3. The van der Waals surface area contributed by atoms with Gasteiger partial charge in [-0.1, -0.05) is 17.7 Å². The third-order valence-electron chi connectivity index (χ3n) is 2.05. The first kappa shape index (κ1) is 11.5. The fourth-order valence-electron chi connectivity index (χ4n) is 1.27. The van der Waals surface area contributed by atoms with Crippen LogP contribution in [0, 0.1) is 0 Å². The van der Waals surface area contributed by atoms with Crippen molar-refractivity contribution in [2.75, 3.05) is 0 Å². The molecule has 0 aliphatic carbocycles. The normalized spacial score (nSPS) is 10.2. The molecule has 88 valence electrons. The van der Waals surface area contributed by atoms with E-state index < -0.39 is 5.97 Å². The van der Waals surface area contributed by atoms with Crippen molar-refractivity contribution in [3.8, 4) is 5.75 Å². The first-order valence-electron chi connectivity index (χ1n) is 4.79. The molecule has 5 nitrogen and oxygen atoms in total. The zero-order valence-electron chi connectivity index (χ0n) is 8.71. The lowest BCUT2D eigenvalue weighted by Crippen LogP contribution is -2.06. The zero-order valence-corrected chi connectivity index (χ0v) is 9.46. The molecule has 1 heterocycles. The van der Waals surface area contributed by atoms with Crippen LogP contribution in [0.15, 0.2) is 36.7 Å². The minimum absolute atomic E-state index is 0.176. The molecule has 0 aliphatic rings. The fourth-order valence-corrected chi connectivity index (χ4v) is 1.42. The summed E-state index contributed by atoms with van der Waals surface area (Å²) in [5.41, 5.74) is 0.181. The van der Waals surface area contributed by atoms with Crippen LogP contribution < -0.4 is 4.74 Å². The van der Waals surface area contributed by atoms with Gasteiger partial charge in [-0.2, -0.15) is 5.10 Å². The van der Waals surface area contributed by atoms with Gasteiger partial charge in [0.15, 0.2) is 6.73 Å². The molecule has 0 atom stereocenters. The molecule has 2 aromatic rings. The van der Waals surface area contributed by atoms with Gasteiger partial charge in [0.1, 0.15) is 5.75 Å². The molecule has 0 fully saturated rings. The molecule has 0 unspecified atom stereocenters. The standard InChI is InChI=1S/C11H9ClN2O3/c12-9-5-13-14(6-9)7-17-10-3-1-2-8(4-10)11(15)16/h1-6H,7H2,(H,15,16). The molecular formula is C11H9ClN2O3. The van der Waals surface area contributed by atoms with Crippen LogP contribution >= 0.6 is 11.6 Å². The largest absolute Gasteiger partial charge is 0.478 e. The first-order chi connectivity index (χ1) is 8.15. The maximum atomic E-state index is 10.7. The molecule has 0 saturated heterocycles. The van der Waals surface area contributed by atoms with Gasteiger partial charge in [0.25, 0.3) is 0 Å². The average Bonchev–Trinajstić information content (AvgIpc) is 2.73.